The van der Waals surface area contributed by atoms with Gasteiger partial charge < -0.3 is 20.1 Å². The van der Waals surface area contributed by atoms with Gasteiger partial charge in [-0.3, -0.25) is 13.8 Å². The fourth-order valence-corrected chi connectivity index (χ4v) is 3.06. The Morgan fingerprint density at radius 2 is 1.75 bits per heavy atom. The number of hydrogen-bond acceptors (Lipinski definition) is 5. The van der Waals surface area contributed by atoms with E-state index in [1.54, 1.807) is 4.90 Å². The Labute approximate surface area is 141 Å². The number of ether oxygens (including phenoxy) is 1. The molecule has 1 saturated heterocycles. The van der Waals surface area contributed by atoms with Gasteiger partial charge in [-0.25, -0.2) is 4.79 Å². The number of carboxylic acid groups (broad SMARTS) is 1. The van der Waals surface area contributed by atoms with Crippen molar-refractivity contribution < 1.29 is 28.4 Å². The number of morpholine rings is 1. The summed E-state index contributed by atoms with van der Waals surface area (Å²) in [7, 11) is -1.61. The minimum atomic E-state index is -1.61. The van der Waals surface area contributed by atoms with Crippen molar-refractivity contribution in [3.63, 3.8) is 0 Å². The Hall–Kier alpha value is -2.26. The third-order valence-corrected chi connectivity index (χ3v) is 4.51. The Kier molecular flexibility index (Phi) is 6.44. The van der Waals surface area contributed by atoms with E-state index < -0.39 is 22.7 Å². The van der Waals surface area contributed by atoms with Crippen LogP contribution in [0.4, 0.5) is 5.69 Å². The summed E-state index contributed by atoms with van der Waals surface area (Å²) in [4.78, 5) is 36.1. The minimum absolute atomic E-state index is 0.104. The Morgan fingerprint density at radius 3 is 2.33 bits per heavy atom. The van der Waals surface area contributed by atoms with E-state index in [-0.39, 0.29) is 23.0 Å². The van der Waals surface area contributed by atoms with Crippen LogP contribution >= 0.6 is 0 Å². The highest BCUT2D eigenvalue weighted by molar-refractivity contribution is 7.86. The van der Waals surface area contributed by atoms with Gasteiger partial charge in [0.05, 0.1) is 18.8 Å². The van der Waals surface area contributed by atoms with E-state index in [0.717, 1.165) is 0 Å². The monoisotopic (exact) mass is 354 g/mol. The van der Waals surface area contributed by atoms with Gasteiger partial charge in [0.25, 0.3) is 0 Å². The van der Waals surface area contributed by atoms with Crippen molar-refractivity contribution in [2.45, 2.75) is 0 Å². The zero-order valence-corrected chi connectivity index (χ0v) is 13.7. The Morgan fingerprint density at radius 1 is 1.12 bits per heavy atom. The molecule has 0 bridgehead atoms. The quantitative estimate of drug-likeness (QED) is 0.739. The summed E-state index contributed by atoms with van der Waals surface area (Å²) >= 11 is 0. The molecule has 1 heterocycles. The predicted molar refractivity (Wildman–Crippen MR) is 87.3 cm³/mol. The van der Waals surface area contributed by atoms with Crippen molar-refractivity contribution >= 4 is 34.3 Å². The highest BCUT2D eigenvalue weighted by Crippen LogP contribution is 2.09. The summed E-state index contributed by atoms with van der Waals surface area (Å²) < 4.78 is 17.1. The lowest BCUT2D eigenvalue weighted by Gasteiger charge is -2.26. The molecule has 1 aliphatic rings. The average Bonchev–Trinajstić information content (AvgIpc) is 2.55. The van der Waals surface area contributed by atoms with Crippen LogP contribution in [-0.4, -0.2) is 69.8 Å². The molecule has 8 nitrogen and oxygen atoms in total. The van der Waals surface area contributed by atoms with Crippen molar-refractivity contribution in [1.29, 1.82) is 0 Å². The van der Waals surface area contributed by atoms with E-state index in [9.17, 15) is 18.6 Å². The molecule has 0 spiro atoms. The standard InChI is InChI=1S/C15H18N2O6S/c18-13(16-12-3-1-11(2-4-12)15(20)21)9-24(22)10-14(19)17-5-7-23-8-6-17/h1-4H,5-10H2,(H,16,18)(H,20,21). The largest absolute Gasteiger partial charge is 0.478 e. The minimum Gasteiger partial charge on any atom is -0.478 e. The number of carbonyl (C=O) groups is 3. The number of carboxylic acids is 1. The van der Waals surface area contributed by atoms with E-state index in [1.807, 2.05) is 0 Å². The topological polar surface area (TPSA) is 113 Å². The molecule has 9 heteroatoms. The lowest BCUT2D eigenvalue weighted by molar-refractivity contribution is -0.132. The molecule has 1 unspecified atom stereocenters. The first kappa shape index (κ1) is 18.1. The van der Waals surface area contributed by atoms with Crippen LogP contribution < -0.4 is 5.32 Å². The van der Waals surface area contributed by atoms with Crippen molar-refractivity contribution in [3.8, 4) is 0 Å². The number of rotatable bonds is 6. The number of nitrogens with zero attached hydrogens (tertiary/aromatic N) is 1. The summed E-state index contributed by atoms with van der Waals surface area (Å²) in [5, 5.41) is 11.3. The lowest BCUT2D eigenvalue weighted by atomic mass is 10.2. The molecule has 1 aromatic rings. The van der Waals surface area contributed by atoms with E-state index in [0.29, 0.717) is 32.0 Å². The third kappa shape index (κ3) is 5.43. The van der Waals surface area contributed by atoms with Crippen LogP contribution in [0.3, 0.4) is 0 Å². The number of amides is 2. The van der Waals surface area contributed by atoms with Gasteiger partial charge in [-0.1, -0.05) is 0 Å². The van der Waals surface area contributed by atoms with Gasteiger partial charge in [0.2, 0.25) is 11.8 Å². The zero-order valence-electron chi connectivity index (χ0n) is 12.9. The van der Waals surface area contributed by atoms with Crippen molar-refractivity contribution in [1.82, 2.24) is 4.90 Å². The smallest absolute Gasteiger partial charge is 0.335 e. The molecule has 130 valence electrons. The summed E-state index contributed by atoms with van der Waals surface area (Å²) in [6.07, 6.45) is 0. The molecule has 1 aliphatic heterocycles. The van der Waals surface area contributed by atoms with Gasteiger partial charge in [-0.15, -0.1) is 0 Å². The van der Waals surface area contributed by atoms with Gasteiger partial charge in [-0.05, 0) is 24.3 Å². The summed E-state index contributed by atoms with van der Waals surface area (Å²) in [6.45, 7) is 1.87. The molecule has 0 radical (unpaired) electrons. The van der Waals surface area contributed by atoms with Crippen LogP contribution in [0, 0.1) is 0 Å². The SMILES string of the molecule is O=C(CS(=O)CC(=O)N1CCOCC1)Nc1ccc(C(=O)O)cc1. The molecule has 2 rings (SSSR count). The molecule has 2 N–H and O–H groups in total. The van der Waals surface area contributed by atoms with E-state index in [4.69, 9.17) is 9.84 Å². The van der Waals surface area contributed by atoms with Crippen molar-refractivity contribution in [3.05, 3.63) is 29.8 Å². The van der Waals surface area contributed by atoms with Gasteiger partial charge in [-0.2, -0.15) is 0 Å². The van der Waals surface area contributed by atoms with Crippen LogP contribution in [0.15, 0.2) is 24.3 Å². The number of anilines is 1. The maximum absolute atomic E-state index is 11.9. The van der Waals surface area contributed by atoms with Crippen LogP contribution in [0.2, 0.25) is 0 Å². The molecule has 2 amide bonds. The third-order valence-electron chi connectivity index (χ3n) is 3.36. The summed E-state index contributed by atoms with van der Waals surface area (Å²) in [5.74, 6) is -2.31. The molecule has 0 saturated carbocycles. The number of carbonyl (C=O) groups excluding carboxylic acids is 2. The second-order valence-electron chi connectivity index (χ2n) is 5.15. The lowest BCUT2D eigenvalue weighted by Crippen LogP contribution is -2.43. The first-order chi connectivity index (χ1) is 11.5. The van der Waals surface area contributed by atoms with Gasteiger partial charge in [0.1, 0.15) is 11.5 Å². The summed E-state index contributed by atoms with van der Waals surface area (Å²) in [5.41, 5.74) is 0.509. The summed E-state index contributed by atoms with van der Waals surface area (Å²) in [6, 6.07) is 5.61. The van der Waals surface area contributed by atoms with Crippen molar-refractivity contribution in [2.75, 3.05) is 43.1 Å². The van der Waals surface area contributed by atoms with Gasteiger partial charge >= 0.3 is 5.97 Å². The van der Waals surface area contributed by atoms with Crippen LogP contribution in [-0.2, 0) is 25.1 Å². The Balaban J connectivity index is 1.79. The highest BCUT2D eigenvalue weighted by Gasteiger charge is 2.20. The maximum atomic E-state index is 11.9. The number of hydrogen-bond donors (Lipinski definition) is 2. The van der Waals surface area contributed by atoms with Crippen molar-refractivity contribution in [2.24, 2.45) is 0 Å². The maximum Gasteiger partial charge on any atom is 0.335 e. The average molecular weight is 354 g/mol. The van der Waals surface area contributed by atoms with Crippen LogP contribution in [0.25, 0.3) is 0 Å². The van der Waals surface area contributed by atoms with Crippen LogP contribution in [0.5, 0.6) is 0 Å². The predicted octanol–water partition coefficient (Wildman–Crippen LogP) is -0.0692. The Bertz CT molecular complexity index is 640. The van der Waals surface area contributed by atoms with E-state index >= 15 is 0 Å². The second-order valence-corrected chi connectivity index (χ2v) is 6.61. The molecule has 1 atom stereocenters. The molecule has 0 aliphatic carbocycles. The zero-order chi connectivity index (χ0) is 17.5. The molecular weight excluding hydrogens is 336 g/mol. The van der Waals surface area contributed by atoms with E-state index in [1.165, 1.54) is 24.3 Å². The number of benzene rings is 1. The molecule has 0 aromatic heterocycles. The van der Waals surface area contributed by atoms with Gasteiger partial charge in [0.15, 0.2) is 0 Å². The second kappa shape index (κ2) is 8.55. The van der Waals surface area contributed by atoms with E-state index in [2.05, 4.69) is 5.32 Å². The molecular formula is C15H18N2O6S. The molecule has 1 aromatic carbocycles. The first-order valence-electron chi connectivity index (χ1n) is 7.29. The molecule has 1 fully saturated rings. The normalized spacial score (nSPS) is 15.6. The fourth-order valence-electron chi connectivity index (χ4n) is 2.13. The van der Waals surface area contributed by atoms with Gasteiger partial charge in [0, 0.05) is 29.6 Å². The number of nitrogens with one attached hydrogen (secondary N) is 1. The molecule has 24 heavy (non-hydrogen) atoms. The first-order valence-corrected chi connectivity index (χ1v) is 8.78. The highest BCUT2D eigenvalue weighted by atomic mass is 32.2. The number of aromatic carboxylic acids is 1. The van der Waals surface area contributed by atoms with Crippen LogP contribution in [0.1, 0.15) is 10.4 Å². The fraction of sp³-hybridized carbons (Fsp3) is 0.400.